The minimum atomic E-state index is -1.43. The highest BCUT2D eigenvalue weighted by molar-refractivity contribution is 6.08. The fraction of sp³-hybridized carbons (Fsp3) is 0.0476. The number of rotatable bonds is 6. The first-order valence-corrected chi connectivity index (χ1v) is 9.01. The molecule has 9 heteroatoms. The maximum Gasteiger partial charge on any atom is 0.512 e. The van der Waals surface area contributed by atoms with E-state index in [1.54, 1.807) is 30.5 Å². The maximum atomic E-state index is 12.8. The summed E-state index contributed by atoms with van der Waals surface area (Å²) in [6, 6.07) is 15.9. The third-order valence-corrected chi connectivity index (χ3v) is 4.35. The lowest BCUT2D eigenvalue weighted by Gasteiger charge is -2.13. The maximum absolute atomic E-state index is 12.8. The average molecular weight is 403 g/mol. The van der Waals surface area contributed by atoms with E-state index in [-0.39, 0.29) is 11.8 Å². The number of amides is 1. The number of hydrogen-bond acceptors (Lipinski definition) is 6. The Balaban J connectivity index is 1.48. The van der Waals surface area contributed by atoms with E-state index in [1.165, 1.54) is 12.3 Å². The van der Waals surface area contributed by atoms with Gasteiger partial charge in [-0.25, -0.2) is 9.78 Å². The lowest BCUT2D eigenvalue weighted by atomic mass is 10.1. The highest BCUT2D eigenvalue weighted by atomic mass is 16.7. The standard InChI is InChI=1S/C21H17N5O4/c27-20(25-15-6-5-14-12-24-26-18(14)10-15)16-3-1-2-4-17(16)23-11-13-7-8-22-19(9-13)30-21(28)29/h1-10,12,23H,11H2,(H,24,26)(H,25,27)(H,28,29). The van der Waals surface area contributed by atoms with Crippen molar-refractivity contribution in [3.63, 3.8) is 0 Å². The van der Waals surface area contributed by atoms with Crippen LogP contribution in [0, 0.1) is 0 Å². The van der Waals surface area contributed by atoms with E-state index in [2.05, 4.69) is 30.6 Å². The second kappa shape index (κ2) is 8.31. The summed E-state index contributed by atoms with van der Waals surface area (Å²) in [5.41, 5.74) is 3.34. The summed E-state index contributed by atoms with van der Waals surface area (Å²) in [5, 5.41) is 22.6. The molecule has 0 radical (unpaired) electrons. The van der Waals surface area contributed by atoms with Crippen molar-refractivity contribution >= 4 is 34.3 Å². The summed E-state index contributed by atoms with van der Waals surface area (Å²) in [6.45, 7) is 0.350. The first-order chi connectivity index (χ1) is 14.6. The Bertz CT molecular complexity index is 1220. The lowest BCUT2D eigenvalue weighted by Crippen LogP contribution is -2.15. The molecule has 9 nitrogen and oxygen atoms in total. The Morgan fingerprint density at radius 1 is 1.10 bits per heavy atom. The quantitative estimate of drug-likeness (QED) is 0.360. The van der Waals surface area contributed by atoms with Gasteiger partial charge in [-0.3, -0.25) is 9.89 Å². The fourth-order valence-corrected chi connectivity index (χ4v) is 2.95. The van der Waals surface area contributed by atoms with Gasteiger partial charge in [0.25, 0.3) is 5.91 Å². The van der Waals surface area contributed by atoms with Crippen molar-refractivity contribution in [2.45, 2.75) is 6.54 Å². The van der Waals surface area contributed by atoms with Crippen molar-refractivity contribution in [2.75, 3.05) is 10.6 Å². The van der Waals surface area contributed by atoms with Crippen LogP contribution in [0.5, 0.6) is 5.88 Å². The summed E-state index contributed by atoms with van der Waals surface area (Å²) >= 11 is 0. The third kappa shape index (κ3) is 4.36. The van der Waals surface area contributed by atoms with Crippen LogP contribution in [-0.4, -0.2) is 32.4 Å². The first-order valence-electron chi connectivity index (χ1n) is 9.01. The van der Waals surface area contributed by atoms with Crippen LogP contribution in [0.3, 0.4) is 0 Å². The molecule has 0 bridgehead atoms. The molecule has 2 aromatic carbocycles. The number of aromatic amines is 1. The fourth-order valence-electron chi connectivity index (χ4n) is 2.95. The van der Waals surface area contributed by atoms with Gasteiger partial charge < -0.3 is 20.5 Å². The zero-order valence-corrected chi connectivity index (χ0v) is 15.6. The molecule has 2 heterocycles. The number of aromatic nitrogens is 3. The van der Waals surface area contributed by atoms with Crippen molar-refractivity contribution < 1.29 is 19.4 Å². The van der Waals surface area contributed by atoms with Crippen LogP contribution in [0.1, 0.15) is 15.9 Å². The Morgan fingerprint density at radius 2 is 1.97 bits per heavy atom. The van der Waals surface area contributed by atoms with Crippen molar-refractivity contribution in [3.05, 3.63) is 78.1 Å². The van der Waals surface area contributed by atoms with Crippen molar-refractivity contribution in [3.8, 4) is 5.88 Å². The molecule has 0 spiro atoms. The number of pyridine rings is 1. The molecule has 1 amide bonds. The highest BCUT2D eigenvalue weighted by Gasteiger charge is 2.12. The zero-order chi connectivity index (χ0) is 20.9. The predicted octanol–water partition coefficient (Wildman–Crippen LogP) is 3.88. The smallest absolute Gasteiger partial charge is 0.449 e. The first kappa shape index (κ1) is 18.9. The van der Waals surface area contributed by atoms with Crippen LogP contribution in [0.2, 0.25) is 0 Å². The van der Waals surface area contributed by atoms with Gasteiger partial charge in [0, 0.05) is 35.6 Å². The van der Waals surface area contributed by atoms with Crippen molar-refractivity contribution in [1.82, 2.24) is 15.2 Å². The number of ether oxygens (including phenoxy) is 1. The van der Waals surface area contributed by atoms with Crippen LogP contribution in [0.15, 0.2) is 67.0 Å². The molecule has 0 aliphatic rings. The minimum absolute atomic E-state index is 0.0120. The number of nitrogens with one attached hydrogen (secondary N) is 3. The summed E-state index contributed by atoms with van der Waals surface area (Å²) in [6.07, 6.45) is 1.74. The van der Waals surface area contributed by atoms with Crippen LogP contribution < -0.4 is 15.4 Å². The van der Waals surface area contributed by atoms with Crippen LogP contribution in [0.4, 0.5) is 16.2 Å². The predicted molar refractivity (Wildman–Crippen MR) is 111 cm³/mol. The largest absolute Gasteiger partial charge is 0.512 e. The Kier molecular flexibility index (Phi) is 5.25. The van der Waals surface area contributed by atoms with E-state index in [0.717, 1.165) is 16.5 Å². The van der Waals surface area contributed by atoms with E-state index < -0.39 is 6.16 Å². The van der Waals surface area contributed by atoms with E-state index in [4.69, 9.17) is 5.11 Å². The number of anilines is 2. The summed E-state index contributed by atoms with van der Waals surface area (Å²) in [7, 11) is 0. The van der Waals surface area contributed by atoms with Gasteiger partial charge in [-0.15, -0.1) is 0 Å². The Hall–Kier alpha value is -4.40. The van der Waals surface area contributed by atoms with Gasteiger partial charge in [0.2, 0.25) is 5.88 Å². The number of benzene rings is 2. The number of para-hydroxylation sites is 1. The summed E-state index contributed by atoms with van der Waals surface area (Å²) in [5.74, 6) is -0.274. The lowest BCUT2D eigenvalue weighted by molar-refractivity contribution is 0.102. The SMILES string of the molecule is O=C(O)Oc1cc(CNc2ccccc2C(=O)Nc2ccc3cn[nH]c3c2)ccn1. The van der Waals surface area contributed by atoms with E-state index in [0.29, 0.717) is 23.5 Å². The van der Waals surface area contributed by atoms with Gasteiger partial charge in [0.1, 0.15) is 0 Å². The molecule has 0 unspecified atom stereocenters. The molecule has 0 aliphatic heterocycles. The number of nitrogens with zero attached hydrogens (tertiary/aromatic N) is 2. The number of hydrogen-bond donors (Lipinski definition) is 4. The van der Waals surface area contributed by atoms with Crippen LogP contribution in [0.25, 0.3) is 10.9 Å². The monoisotopic (exact) mass is 403 g/mol. The number of H-pyrrole nitrogens is 1. The van der Waals surface area contributed by atoms with Gasteiger partial charge in [0.15, 0.2) is 0 Å². The normalized spacial score (nSPS) is 10.5. The zero-order valence-electron chi connectivity index (χ0n) is 15.6. The molecule has 2 aromatic heterocycles. The average Bonchev–Trinajstić information content (AvgIpc) is 3.20. The van der Waals surface area contributed by atoms with Gasteiger partial charge in [-0.2, -0.15) is 5.10 Å². The molecule has 0 aliphatic carbocycles. The summed E-state index contributed by atoms with van der Waals surface area (Å²) in [4.78, 5) is 27.3. The molecule has 4 aromatic rings. The molecule has 0 fully saturated rings. The van der Waals surface area contributed by atoms with Gasteiger partial charge >= 0.3 is 6.16 Å². The molecule has 0 atom stereocenters. The van der Waals surface area contributed by atoms with E-state index >= 15 is 0 Å². The van der Waals surface area contributed by atoms with Gasteiger partial charge in [0.05, 0.1) is 17.3 Å². The van der Waals surface area contributed by atoms with E-state index in [1.807, 2.05) is 24.3 Å². The van der Waals surface area contributed by atoms with Gasteiger partial charge in [-0.1, -0.05) is 12.1 Å². The number of fused-ring (bicyclic) bond motifs is 1. The molecule has 30 heavy (non-hydrogen) atoms. The molecular weight excluding hydrogens is 386 g/mol. The highest BCUT2D eigenvalue weighted by Crippen LogP contribution is 2.21. The molecule has 0 saturated heterocycles. The van der Waals surface area contributed by atoms with Crippen LogP contribution >= 0.6 is 0 Å². The van der Waals surface area contributed by atoms with Crippen molar-refractivity contribution in [1.29, 1.82) is 0 Å². The molecule has 4 N–H and O–H groups in total. The number of carbonyl (C=O) groups is 2. The molecule has 4 rings (SSSR count). The van der Waals surface area contributed by atoms with Gasteiger partial charge in [-0.05, 0) is 42.0 Å². The van der Waals surface area contributed by atoms with E-state index in [9.17, 15) is 9.59 Å². The second-order valence-corrected chi connectivity index (χ2v) is 6.40. The topological polar surface area (TPSA) is 129 Å². The third-order valence-electron chi connectivity index (χ3n) is 4.35. The molecular formula is C21H17N5O4. The van der Waals surface area contributed by atoms with Crippen molar-refractivity contribution in [2.24, 2.45) is 0 Å². The Labute approximate surface area is 170 Å². The molecule has 150 valence electrons. The Morgan fingerprint density at radius 3 is 2.83 bits per heavy atom. The molecule has 0 saturated carbocycles. The number of carboxylic acid groups (broad SMARTS) is 1. The minimum Gasteiger partial charge on any atom is -0.449 e. The summed E-state index contributed by atoms with van der Waals surface area (Å²) < 4.78 is 4.57. The van der Waals surface area contributed by atoms with Crippen LogP contribution in [-0.2, 0) is 6.54 Å². The second-order valence-electron chi connectivity index (χ2n) is 6.40. The number of carbonyl (C=O) groups excluding carboxylic acids is 1.